The van der Waals surface area contributed by atoms with E-state index < -0.39 is 0 Å². The van der Waals surface area contributed by atoms with Crippen molar-refractivity contribution in [2.24, 2.45) is 23.2 Å². The van der Waals surface area contributed by atoms with Gasteiger partial charge >= 0.3 is 0 Å². The standard InChI is InChI=1S/C25H33N3O3/c29-8-6-26-7-9-31-24-5-4-20-21(2-1-3-22(20)28-24)27-23(30)16-25-13-17-10-18(14-25)12-19(11-17)15-25/h1-5,17-19,26,29H,6-16H2,(H,27,30). The first kappa shape index (κ1) is 20.7. The van der Waals surface area contributed by atoms with E-state index in [0.29, 0.717) is 32.0 Å². The second kappa shape index (κ2) is 8.75. The van der Waals surface area contributed by atoms with Gasteiger partial charge in [0.1, 0.15) is 6.61 Å². The summed E-state index contributed by atoms with van der Waals surface area (Å²) in [5.41, 5.74) is 1.89. The van der Waals surface area contributed by atoms with Gasteiger partial charge in [0.15, 0.2) is 0 Å². The summed E-state index contributed by atoms with van der Waals surface area (Å²) in [5.74, 6) is 3.29. The number of ether oxygens (including phenoxy) is 1. The predicted molar refractivity (Wildman–Crippen MR) is 121 cm³/mol. The zero-order valence-corrected chi connectivity index (χ0v) is 18.1. The van der Waals surface area contributed by atoms with Crippen molar-refractivity contribution in [3.8, 4) is 5.88 Å². The molecule has 1 amide bonds. The lowest BCUT2D eigenvalue weighted by molar-refractivity contribution is -0.124. The van der Waals surface area contributed by atoms with Crippen LogP contribution in [0.5, 0.6) is 5.88 Å². The van der Waals surface area contributed by atoms with E-state index in [1.807, 2.05) is 30.3 Å². The van der Waals surface area contributed by atoms with E-state index in [2.05, 4.69) is 15.6 Å². The van der Waals surface area contributed by atoms with Gasteiger partial charge in [-0.15, -0.1) is 0 Å². The summed E-state index contributed by atoms with van der Waals surface area (Å²) in [4.78, 5) is 17.6. The molecule has 4 fully saturated rings. The van der Waals surface area contributed by atoms with E-state index in [4.69, 9.17) is 9.84 Å². The van der Waals surface area contributed by atoms with E-state index >= 15 is 0 Å². The lowest BCUT2D eigenvalue weighted by Gasteiger charge is -2.56. The number of nitrogens with one attached hydrogen (secondary N) is 2. The van der Waals surface area contributed by atoms with Crippen LogP contribution in [0, 0.1) is 23.2 Å². The van der Waals surface area contributed by atoms with Gasteiger partial charge in [0, 0.05) is 31.0 Å². The number of aliphatic hydroxyl groups excluding tert-OH is 1. The van der Waals surface area contributed by atoms with Crippen LogP contribution in [0.1, 0.15) is 44.9 Å². The number of hydrogen-bond acceptors (Lipinski definition) is 5. The highest BCUT2D eigenvalue weighted by Gasteiger charge is 2.51. The molecule has 0 unspecified atom stereocenters. The summed E-state index contributed by atoms with van der Waals surface area (Å²) in [5, 5.41) is 16.0. The number of carbonyl (C=O) groups excluding carboxylic acids is 1. The van der Waals surface area contributed by atoms with Crippen LogP contribution in [0.25, 0.3) is 10.9 Å². The van der Waals surface area contributed by atoms with E-state index in [1.54, 1.807) is 0 Å². The smallest absolute Gasteiger partial charge is 0.224 e. The normalized spacial score (nSPS) is 28.7. The lowest BCUT2D eigenvalue weighted by Crippen LogP contribution is -2.47. The van der Waals surface area contributed by atoms with Crippen molar-refractivity contribution in [1.82, 2.24) is 10.3 Å². The van der Waals surface area contributed by atoms with Crippen LogP contribution < -0.4 is 15.4 Å². The largest absolute Gasteiger partial charge is 0.476 e. The van der Waals surface area contributed by atoms with Crippen LogP contribution in [-0.4, -0.2) is 42.3 Å². The second-order valence-electron chi connectivity index (χ2n) is 9.99. The van der Waals surface area contributed by atoms with Gasteiger partial charge < -0.3 is 20.5 Å². The maximum atomic E-state index is 13.1. The Morgan fingerprint density at radius 1 is 1.06 bits per heavy atom. The van der Waals surface area contributed by atoms with Crippen molar-refractivity contribution in [3.63, 3.8) is 0 Å². The quantitative estimate of drug-likeness (QED) is 0.535. The Labute approximate surface area is 183 Å². The first-order valence-electron chi connectivity index (χ1n) is 11.8. The maximum absolute atomic E-state index is 13.1. The zero-order valence-electron chi connectivity index (χ0n) is 18.1. The van der Waals surface area contributed by atoms with Gasteiger partial charge in [-0.25, -0.2) is 4.98 Å². The number of aromatic nitrogens is 1. The number of benzene rings is 1. The average molecular weight is 424 g/mol. The average Bonchev–Trinajstić information content (AvgIpc) is 2.72. The molecule has 4 aliphatic rings. The third-order valence-electron chi connectivity index (χ3n) is 7.50. The molecule has 4 aliphatic carbocycles. The third-order valence-corrected chi connectivity index (χ3v) is 7.50. The molecule has 0 saturated heterocycles. The summed E-state index contributed by atoms with van der Waals surface area (Å²) < 4.78 is 5.70. The molecule has 6 rings (SSSR count). The molecule has 2 aromatic rings. The number of rotatable bonds is 9. The Hall–Kier alpha value is -2.18. The molecule has 6 nitrogen and oxygen atoms in total. The molecular weight excluding hydrogens is 390 g/mol. The van der Waals surface area contributed by atoms with E-state index in [9.17, 15) is 4.79 Å². The predicted octanol–water partition coefficient (Wildman–Crippen LogP) is 3.74. The van der Waals surface area contributed by atoms with Crippen LogP contribution in [-0.2, 0) is 4.79 Å². The van der Waals surface area contributed by atoms with Crippen LogP contribution >= 0.6 is 0 Å². The number of anilines is 1. The molecular formula is C25H33N3O3. The van der Waals surface area contributed by atoms with Crippen LogP contribution in [0.4, 0.5) is 5.69 Å². The van der Waals surface area contributed by atoms with Crippen molar-refractivity contribution in [2.45, 2.75) is 44.9 Å². The molecule has 0 spiro atoms. The van der Waals surface area contributed by atoms with Gasteiger partial charge in [-0.05, 0) is 79.9 Å². The van der Waals surface area contributed by atoms with Crippen LogP contribution in [0.3, 0.4) is 0 Å². The van der Waals surface area contributed by atoms with Gasteiger partial charge in [-0.2, -0.15) is 0 Å². The summed E-state index contributed by atoms with van der Waals surface area (Å²) in [6.07, 6.45) is 8.60. The highest BCUT2D eigenvalue weighted by molar-refractivity contribution is 6.01. The summed E-state index contributed by atoms with van der Waals surface area (Å²) in [6, 6.07) is 9.66. The monoisotopic (exact) mass is 423 g/mol. The molecule has 4 bridgehead atoms. The van der Waals surface area contributed by atoms with Gasteiger partial charge in [-0.1, -0.05) is 6.07 Å². The van der Waals surface area contributed by atoms with Gasteiger partial charge in [0.05, 0.1) is 17.8 Å². The lowest BCUT2D eigenvalue weighted by atomic mass is 9.49. The van der Waals surface area contributed by atoms with Crippen molar-refractivity contribution in [3.05, 3.63) is 30.3 Å². The summed E-state index contributed by atoms with van der Waals surface area (Å²) in [7, 11) is 0. The third kappa shape index (κ3) is 4.55. The fourth-order valence-electron chi connectivity index (χ4n) is 6.80. The van der Waals surface area contributed by atoms with E-state index in [1.165, 1.54) is 38.5 Å². The van der Waals surface area contributed by atoms with Crippen molar-refractivity contribution >= 4 is 22.5 Å². The van der Waals surface area contributed by atoms with Crippen molar-refractivity contribution in [1.29, 1.82) is 0 Å². The van der Waals surface area contributed by atoms with E-state index in [0.717, 1.165) is 34.3 Å². The molecule has 1 aromatic carbocycles. The number of fused-ring (bicyclic) bond motifs is 1. The Kier molecular flexibility index (Phi) is 5.85. The Morgan fingerprint density at radius 2 is 1.81 bits per heavy atom. The van der Waals surface area contributed by atoms with Crippen LogP contribution in [0.15, 0.2) is 30.3 Å². The number of nitrogens with zero attached hydrogens (tertiary/aromatic N) is 1. The highest BCUT2D eigenvalue weighted by Crippen LogP contribution is 2.61. The molecule has 4 saturated carbocycles. The zero-order chi connectivity index (χ0) is 21.3. The number of amides is 1. The fraction of sp³-hybridized carbons (Fsp3) is 0.600. The van der Waals surface area contributed by atoms with Gasteiger partial charge in [0.25, 0.3) is 0 Å². The number of pyridine rings is 1. The molecule has 1 heterocycles. The first-order valence-corrected chi connectivity index (χ1v) is 11.8. The van der Waals surface area contributed by atoms with Gasteiger partial charge in [0.2, 0.25) is 11.8 Å². The molecule has 31 heavy (non-hydrogen) atoms. The molecule has 0 radical (unpaired) electrons. The highest BCUT2D eigenvalue weighted by atomic mass is 16.5. The Bertz CT molecular complexity index is 909. The Morgan fingerprint density at radius 3 is 2.52 bits per heavy atom. The summed E-state index contributed by atoms with van der Waals surface area (Å²) in [6.45, 7) is 1.81. The minimum atomic E-state index is 0.117. The fourth-order valence-corrected chi connectivity index (χ4v) is 6.80. The van der Waals surface area contributed by atoms with E-state index in [-0.39, 0.29) is 17.9 Å². The number of aliphatic hydroxyl groups is 1. The number of carbonyl (C=O) groups is 1. The van der Waals surface area contributed by atoms with Crippen molar-refractivity contribution in [2.75, 3.05) is 31.6 Å². The maximum Gasteiger partial charge on any atom is 0.224 e. The van der Waals surface area contributed by atoms with Crippen LogP contribution in [0.2, 0.25) is 0 Å². The topological polar surface area (TPSA) is 83.5 Å². The Balaban J connectivity index is 1.23. The van der Waals surface area contributed by atoms with Crippen molar-refractivity contribution < 1.29 is 14.6 Å². The summed E-state index contributed by atoms with van der Waals surface area (Å²) >= 11 is 0. The molecule has 1 aromatic heterocycles. The SMILES string of the molecule is O=C(CC12CC3CC(CC(C3)C1)C2)Nc1cccc2nc(OCCNCCO)ccc12. The minimum absolute atomic E-state index is 0.117. The number of hydrogen-bond donors (Lipinski definition) is 3. The molecule has 166 valence electrons. The first-order chi connectivity index (χ1) is 15.1. The molecule has 0 atom stereocenters. The molecule has 0 aliphatic heterocycles. The minimum Gasteiger partial charge on any atom is -0.476 e. The second-order valence-corrected chi connectivity index (χ2v) is 9.99. The molecule has 3 N–H and O–H groups in total. The van der Waals surface area contributed by atoms with Gasteiger partial charge in [-0.3, -0.25) is 4.79 Å². The molecule has 6 heteroatoms.